The SMILES string of the molecule is CCc1nc(N2CCN(C(=O)c3ccc(C)cc3)CC2)c2cnn(-c3ccc(C)cc3)c2n1. The van der Waals surface area contributed by atoms with Crippen LogP contribution in [0.3, 0.4) is 0 Å². The standard InChI is InChI=1S/C26H28N6O/c1-4-23-28-24(22-17-27-32(25(22)29-23)21-11-7-19(3)8-12-21)30-13-15-31(16-14-30)26(33)20-9-5-18(2)6-10-20/h5-12,17H,4,13-16H2,1-3H3. The van der Waals surface area contributed by atoms with Gasteiger partial charge in [-0.2, -0.15) is 5.10 Å². The molecule has 1 aliphatic heterocycles. The van der Waals surface area contributed by atoms with Crippen LogP contribution in [-0.2, 0) is 6.42 Å². The quantitative estimate of drug-likeness (QED) is 0.481. The number of piperazine rings is 1. The summed E-state index contributed by atoms with van der Waals surface area (Å²) in [4.78, 5) is 26.8. The van der Waals surface area contributed by atoms with Crippen LogP contribution in [0.4, 0.5) is 5.82 Å². The predicted molar refractivity (Wildman–Crippen MR) is 130 cm³/mol. The molecule has 5 rings (SSSR count). The Balaban J connectivity index is 1.41. The summed E-state index contributed by atoms with van der Waals surface area (Å²) >= 11 is 0. The van der Waals surface area contributed by atoms with Gasteiger partial charge in [0, 0.05) is 38.2 Å². The molecule has 7 heteroatoms. The van der Waals surface area contributed by atoms with Gasteiger partial charge in [-0.05, 0) is 38.1 Å². The monoisotopic (exact) mass is 440 g/mol. The van der Waals surface area contributed by atoms with Crippen molar-refractivity contribution >= 4 is 22.8 Å². The summed E-state index contributed by atoms with van der Waals surface area (Å²) in [5, 5.41) is 5.58. The van der Waals surface area contributed by atoms with Gasteiger partial charge in [-0.1, -0.05) is 42.3 Å². The van der Waals surface area contributed by atoms with Crippen LogP contribution in [-0.4, -0.2) is 56.7 Å². The van der Waals surface area contributed by atoms with Crippen LogP contribution in [0.2, 0.25) is 0 Å². The van der Waals surface area contributed by atoms with Crippen molar-refractivity contribution in [1.29, 1.82) is 0 Å². The van der Waals surface area contributed by atoms with E-state index in [1.54, 1.807) is 0 Å². The maximum Gasteiger partial charge on any atom is 0.253 e. The fourth-order valence-electron chi connectivity index (χ4n) is 4.21. The average Bonchev–Trinajstić information content (AvgIpc) is 3.28. The molecule has 0 radical (unpaired) electrons. The van der Waals surface area contributed by atoms with Crippen LogP contribution in [0.5, 0.6) is 0 Å². The Labute approximate surface area is 193 Å². The molecule has 0 bridgehead atoms. The largest absolute Gasteiger partial charge is 0.352 e. The predicted octanol–water partition coefficient (Wildman–Crippen LogP) is 3.96. The van der Waals surface area contributed by atoms with Gasteiger partial charge in [0.2, 0.25) is 0 Å². The number of aryl methyl sites for hydroxylation is 3. The lowest BCUT2D eigenvalue weighted by molar-refractivity contribution is 0.0746. The Morgan fingerprint density at radius 3 is 2.15 bits per heavy atom. The molecule has 0 unspecified atom stereocenters. The zero-order valence-electron chi connectivity index (χ0n) is 19.3. The minimum Gasteiger partial charge on any atom is -0.352 e. The van der Waals surface area contributed by atoms with Crippen LogP contribution in [0.1, 0.15) is 34.2 Å². The molecule has 3 heterocycles. The van der Waals surface area contributed by atoms with Crippen LogP contribution >= 0.6 is 0 Å². The number of hydrogen-bond acceptors (Lipinski definition) is 5. The van der Waals surface area contributed by atoms with Gasteiger partial charge >= 0.3 is 0 Å². The minimum atomic E-state index is 0.0870. The Morgan fingerprint density at radius 2 is 1.52 bits per heavy atom. The van der Waals surface area contributed by atoms with E-state index >= 15 is 0 Å². The fourth-order valence-corrected chi connectivity index (χ4v) is 4.21. The van der Waals surface area contributed by atoms with Crippen molar-refractivity contribution in [2.24, 2.45) is 0 Å². The molecule has 2 aromatic carbocycles. The summed E-state index contributed by atoms with van der Waals surface area (Å²) in [5.74, 6) is 1.78. The van der Waals surface area contributed by atoms with Crippen molar-refractivity contribution < 1.29 is 4.79 Å². The van der Waals surface area contributed by atoms with E-state index in [1.165, 1.54) is 5.56 Å². The number of rotatable bonds is 4. The Hall–Kier alpha value is -3.74. The number of anilines is 1. The lowest BCUT2D eigenvalue weighted by Gasteiger charge is -2.35. The number of nitrogens with zero attached hydrogens (tertiary/aromatic N) is 6. The molecule has 1 saturated heterocycles. The van der Waals surface area contributed by atoms with Crippen molar-refractivity contribution in [3.8, 4) is 5.69 Å². The van der Waals surface area contributed by atoms with E-state index in [0.29, 0.717) is 13.1 Å². The summed E-state index contributed by atoms with van der Waals surface area (Å²) in [6.07, 6.45) is 2.60. The van der Waals surface area contributed by atoms with Crippen LogP contribution < -0.4 is 4.90 Å². The summed E-state index contributed by atoms with van der Waals surface area (Å²) in [5.41, 5.74) is 4.90. The van der Waals surface area contributed by atoms with Gasteiger partial charge in [0.25, 0.3) is 5.91 Å². The van der Waals surface area contributed by atoms with Crippen molar-refractivity contribution in [3.63, 3.8) is 0 Å². The zero-order chi connectivity index (χ0) is 22.9. The van der Waals surface area contributed by atoms with Gasteiger partial charge in [-0.3, -0.25) is 4.79 Å². The highest BCUT2D eigenvalue weighted by Gasteiger charge is 2.25. The second kappa shape index (κ2) is 8.65. The van der Waals surface area contributed by atoms with Gasteiger partial charge in [0.1, 0.15) is 11.6 Å². The zero-order valence-corrected chi connectivity index (χ0v) is 19.3. The fraction of sp³-hybridized carbons (Fsp3) is 0.308. The summed E-state index contributed by atoms with van der Waals surface area (Å²) < 4.78 is 1.89. The normalized spacial score (nSPS) is 14.2. The number of fused-ring (bicyclic) bond motifs is 1. The molecule has 2 aromatic heterocycles. The maximum absolute atomic E-state index is 12.9. The Kier molecular flexibility index (Phi) is 5.54. The van der Waals surface area contributed by atoms with Gasteiger partial charge in [0.15, 0.2) is 5.65 Å². The molecule has 0 spiro atoms. The van der Waals surface area contributed by atoms with Gasteiger partial charge in [-0.15, -0.1) is 0 Å². The maximum atomic E-state index is 12.9. The number of hydrogen-bond donors (Lipinski definition) is 0. The molecule has 0 aliphatic carbocycles. The highest BCUT2D eigenvalue weighted by atomic mass is 16.2. The molecule has 7 nitrogen and oxygen atoms in total. The number of carbonyl (C=O) groups excluding carboxylic acids is 1. The molecule has 4 aromatic rings. The third kappa shape index (κ3) is 4.06. The van der Waals surface area contributed by atoms with E-state index in [9.17, 15) is 4.79 Å². The van der Waals surface area contributed by atoms with E-state index in [-0.39, 0.29) is 5.91 Å². The summed E-state index contributed by atoms with van der Waals surface area (Å²) in [7, 11) is 0. The number of amides is 1. The first-order valence-corrected chi connectivity index (χ1v) is 11.5. The van der Waals surface area contributed by atoms with Gasteiger partial charge in [0.05, 0.1) is 17.3 Å². The third-order valence-corrected chi connectivity index (χ3v) is 6.21. The number of carbonyl (C=O) groups is 1. The van der Waals surface area contributed by atoms with E-state index in [1.807, 2.05) is 47.0 Å². The Morgan fingerprint density at radius 1 is 0.879 bits per heavy atom. The Bertz CT molecular complexity index is 1290. The van der Waals surface area contributed by atoms with E-state index in [2.05, 4.69) is 48.1 Å². The molecule has 1 amide bonds. The highest BCUT2D eigenvalue weighted by Crippen LogP contribution is 2.27. The first-order valence-electron chi connectivity index (χ1n) is 11.5. The second-order valence-electron chi connectivity index (χ2n) is 8.59. The first-order chi connectivity index (χ1) is 16.0. The van der Waals surface area contributed by atoms with Crippen molar-refractivity contribution in [2.45, 2.75) is 27.2 Å². The molecule has 1 fully saturated rings. The van der Waals surface area contributed by atoms with Crippen molar-refractivity contribution in [3.05, 3.63) is 77.2 Å². The first kappa shape index (κ1) is 21.1. The molecule has 0 N–H and O–H groups in total. The second-order valence-corrected chi connectivity index (χ2v) is 8.59. The van der Waals surface area contributed by atoms with Crippen molar-refractivity contribution in [1.82, 2.24) is 24.6 Å². The lowest BCUT2D eigenvalue weighted by Crippen LogP contribution is -2.49. The average molecular weight is 441 g/mol. The summed E-state index contributed by atoms with van der Waals surface area (Å²) in [6, 6.07) is 16.1. The molecule has 1 aliphatic rings. The van der Waals surface area contributed by atoms with Crippen molar-refractivity contribution in [2.75, 3.05) is 31.1 Å². The molecule has 168 valence electrons. The smallest absolute Gasteiger partial charge is 0.253 e. The molecular formula is C26H28N6O. The molecular weight excluding hydrogens is 412 g/mol. The van der Waals surface area contributed by atoms with E-state index in [0.717, 1.165) is 59.0 Å². The highest BCUT2D eigenvalue weighted by molar-refractivity contribution is 5.94. The van der Waals surface area contributed by atoms with Crippen LogP contribution in [0.15, 0.2) is 54.7 Å². The lowest BCUT2D eigenvalue weighted by atomic mass is 10.1. The number of benzene rings is 2. The van der Waals surface area contributed by atoms with E-state index < -0.39 is 0 Å². The van der Waals surface area contributed by atoms with Gasteiger partial charge < -0.3 is 9.80 Å². The van der Waals surface area contributed by atoms with E-state index in [4.69, 9.17) is 9.97 Å². The topological polar surface area (TPSA) is 67.2 Å². The van der Waals surface area contributed by atoms with Crippen LogP contribution in [0, 0.1) is 13.8 Å². The number of aromatic nitrogens is 4. The third-order valence-electron chi connectivity index (χ3n) is 6.21. The van der Waals surface area contributed by atoms with Crippen LogP contribution in [0.25, 0.3) is 16.7 Å². The molecule has 0 atom stereocenters. The summed E-state index contributed by atoms with van der Waals surface area (Å²) in [6.45, 7) is 8.93. The minimum absolute atomic E-state index is 0.0870. The van der Waals surface area contributed by atoms with Gasteiger partial charge in [-0.25, -0.2) is 14.6 Å². The molecule has 0 saturated carbocycles. The molecule has 33 heavy (non-hydrogen) atoms.